The molecule has 0 heterocycles. The summed E-state index contributed by atoms with van der Waals surface area (Å²) in [6.45, 7) is 0. The van der Waals surface area contributed by atoms with E-state index in [9.17, 15) is 12.8 Å². The fourth-order valence-electron chi connectivity index (χ4n) is 1.90. The summed E-state index contributed by atoms with van der Waals surface area (Å²) in [5.74, 6) is -0.301. The van der Waals surface area contributed by atoms with Crippen LogP contribution >= 0.6 is 0 Å². The first-order valence-electron chi connectivity index (χ1n) is 5.48. The second kappa shape index (κ2) is 5.27. The van der Waals surface area contributed by atoms with Crippen molar-refractivity contribution in [2.45, 2.75) is 19.3 Å². The zero-order chi connectivity index (χ0) is 12.3. The van der Waals surface area contributed by atoms with Gasteiger partial charge in [-0.3, -0.25) is 0 Å². The maximum absolute atomic E-state index is 13.1. The van der Waals surface area contributed by atoms with E-state index in [1.165, 1.54) is 12.1 Å². The van der Waals surface area contributed by atoms with E-state index in [0.29, 0.717) is 4.91 Å². The topological polar surface area (TPSA) is 34.1 Å². The summed E-state index contributed by atoms with van der Waals surface area (Å²) in [6.07, 6.45) is 5.76. The van der Waals surface area contributed by atoms with Crippen molar-refractivity contribution in [1.29, 1.82) is 0 Å². The molecule has 1 aliphatic rings. The molecule has 0 N–H and O–H groups in total. The predicted octanol–water partition coefficient (Wildman–Crippen LogP) is 2.89. The SMILES string of the molecule is O=[SH](=O)C1=CCCCC(c2cccc(F)c2)=C1. The van der Waals surface area contributed by atoms with Crippen LogP contribution in [-0.4, -0.2) is 8.42 Å². The van der Waals surface area contributed by atoms with Crippen LogP contribution in [0, 0.1) is 5.82 Å². The number of benzene rings is 1. The van der Waals surface area contributed by atoms with Gasteiger partial charge < -0.3 is 0 Å². The third-order valence-corrected chi connectivity index (χ3v) is 3.47. The van der Waals surface area contributed by atoms with E-state index in [4.69, 9.17) is 0 Å². The lowest BCUT2D eigenvalue weighted by Crippen LogP contribution is -1.87. The van der Waals surface area contributed by atoms with Crippen molar-refractivity contribution in [2.75, 3.05) is 0 Å². The Morgan fingerprint density at radius 1 is 1.24 bits per heavy atom. The Balaban J connectivity index is 2.41. The van der Waals surface area contributed by atoms with E-state index in [-0.39, 0.29) is 5.82 Å². The number of hydrogen-bond acceptors (Lipinski definition) is 2. The van der Waals surface area contributed by atoms with Gasteiger partial charge in [-0.15, -0.1) is 0 Å². The summed E-state index contributed by atoms with van der Waals surface area (Å²) in [5, 5.41) is 0. The first kappa shape index (κ1) is 12.0. The van der Waals surface area contributed by atoms with E-state index < -0.39 is 10.7 Å². The third-order valence-electron chi connectivity index (χ3n) is 2.73. The molecule has 1 aromatic rings. The van der Waals surface area contributed by atoms with Crippen LogP contribution in [0.25, 0.3) is 5.57 Å². The highest BCUT2D eigenvalue weighted by atomic mass is 32.2. The summed E-state index contributed by atoms with van der Waals surface area (Å²) in [6, 6.07) is 6.25. The Labute approximate surface area is 101 Å². The molecule has 90 valence electrons. The van der Waals surface area contributed by atoms with Crippen LogP contribution in [0.2, 0.25) is 0 Å². The Kier molecular flexibility index (Phi) is 3.74. The highest BCUT2D eigenvalue weighted by Crippen LogP contribution is 2.26. The Bertz CT molecular complexity index is 548. The molecule has 0 bridgehead atoms. The van der Waals surface area contributed by atoms with Gasteiger partial charge in [0.15, 0.2) is 10.7 Å². The molecule has 0 saturated carbocycles. The van der Waals surface area contributed by atoms with Crippen LogP contribution in [-0.2, 0) is 10.7 Å². The van der Waals surface area contributed by atoms with Gasteiger partial charge in [0, 0.05) is 0 Å². The number of allylic oxidation sites excluding steroid dienone is 3. The molecule has 2 nitrogen and oxygen atoms in total. The molecule has 0 radical (unpaired) electrons. The van der Waals surface area contributed by atoms with Gasteiger partial charge in [-0.05, 0) is 48.6 Å². The Morgan fingerprint density at radius 3 is 2.76 bits per heavy atom. The summed E-state index contributed by atoms with van der Waals surface area (Å²) < 4.78 is 35.1. The van der Waals surface area contributed by atoms with Crippen molar-refractivity contribution in [1.82, 2.24) is 0 Å². The smallest absolute Gasteiger partial charge is 0.167 e. The maximum Gasteiger partial charge on any atom is 0.167 e. The summed E-state index contributed by atoms with van der Waals surface area (Å²) >= 11 is 0. The fourth-order valence-corrected chi connectivity index (χ4v) is 2.43. The molecule has 4 heteroatoms. The average molecular weight is 252 g/mol. The highest BCUT2D eigenvalue weighted by molar-refractivity contribution is 7.77. The van der Waals surface area contributed by atoms with Gasteiger partial charge in [0.05, 0.1) is 4.91 Å². The summed E-state index contributed by atoms with van der Waals surface area (Å²) in [7, 11) is -2.57. The van der Waals surface area contributed by atoms with Crippen molar-refractivity contribution in [2.24, 2.45) is 0 Å². The lowest BCUT2D eigenvalue weighted by atomic mass is 10.0. The standard InChI is InChI=1S/C13H13FO2S/c14-12-6-3-5-10(8-12)11-4-1-2-7-13(9-11)17(15)16/h3,5-9,17H,1-2,4H2. The van der Waals surface area contributed by atoms with Crippen molar-refractivity contribution in [3.05, 3.63) is 52.7 Å². The minimum absolute atomic E-state index is 0.301. The second-order valence-electron chi connectivity index (χ2n) is 3.96. The first-order valence-corrected chi connectivity index (χ1v) is 6.65. The molecule has 0 saturated heterocycles. The molecule has 1 aliphatic carbocycles. The number of hydrogen-bond donors (Lipinski definition) is 1. The molecule has 0 spiro atoms. The van der Waals surface area contributed by atoms with E-state index in [0.717, 1.165) is 30.4 Å². The lowest BCUT2D eigenvalue weighted by molar-refractivity contribution is 0.620. The summed E-state index contributed by atoms with van der Waals surface area (Å²) in [5.41, 5.74) is 1.64. The molecule has 0 aliphatic heterocycles. The monoisotopic (exact) mass is 252 g/mol. The van der Waals surface area contributed by atoms with Crippen LogP contribution in [0.3, 0.4) is 0 Å². The van der Waals surface area contributed by atoms with Crippen molar-refractivity contribution >= 4 is 16.3 Å². The normalized spacial score (nSPS) is 16.4. The Hall–Kier alpha value is -1.42. The quantitative estimate of drug-likeness (QED) is 0.821. The fraction of sp³-hybridized carbons (Fsp3) is 0.231. The van der Waals surface area contributed by atoms with Gasteiger partial charge in [0.2, 0.25) is 0 Å². The van der Waals surface area contributed by atoms with Crippen LogP contribution in [0.1, 0.15) is 24.8 Å². The molecule has 0 atom stereocenters. The largest absolute Gasteiger partial charge is 0.227 e. The molecule has 1 aromatic carbocycles. The van der Waals surface area contributed by atoms with Crippen molar-refractivity contribution < 1.29 is 12.8 Å². The van der Waals surface area contributed by atoms with Crippen molar-refractivity contribution in [3.63, 3.8) is 0 Å². The highest BCUT2D eigenvalue weighted by Gasteiger charge is 2.08. The molecule has 0 fully saturated rings. The van der Waals surface area contributed by atoms with E-state index >= 15 is 0 Å². The van der Waals surface area contributed by atoms with Gasteiger partial charge in [-0.1, -0.05) is 18.2 Å². The zero-order valence-electron chi connectivity index (χ0n) is 9.23. The number of thiol groups is 1. The first-order chi connectivity index (χ1) is 8.16. The van der Waals surface area contributed by atoms with Crippen molar-refractivity contribution in [3.8, 4) is 0 Å². The molecule has 17 heavy (non-hydrogen) atoms. The second-order valence-corrected chi connectivity index (χ2v) is 4.99. The molecule has 0 unspecified atom stereocenters. The van der Waals surface area contributed by atoms with Crippen LogP contribution in [0.4, 0.5) is 4.39 Å². The third kappa shape index (κ3) is 3.03. The van der Waals surface area contributed by atoms with E-state index in [2.05, 4.69) is 0 Å². The van der Waals surface area contributed by atoms with Crippen LogP contribution < -0.4 is 0 Å². The Morgan fingerprint density at radius 2 is 2.06 bits per heavy atom. The number of halogens is 1. The van der Waals surface area contributed by atoms with E-state index in [1.807, 2.05) is 0 Å². The molecule has 2 rings (SSSR count). The van der Waals surface area contributed by atoms with Gasteiger partial charge in [-0.25, -0.2) is 12.8 Å². The molecule has 0 amide bonds. The minimum atomic E-state index is -2.57. The predicted molar refractivity (Wildman–Crippen MR) is 66.6 cm³/mol. The number of rotatable bonds is 2. The van der Waals surface area contributed by atoms with Gasteiger partial charge in [0.1, 0.15) is 5.82 Å². The molecular weight excluding hydrogens is 239 g/mol. The van der Waals surface area contributed by atoms with E-state index in [1.54, 1.807) is 24.3 Å². The average Bonchev–Trinajstić information content (AvgIpc) is 2.54. The van der Waals surface area contributed by atoms with Crippen LogP contribution in [0.5, 0.6) is 0 Å². The lowest BCUT2D eigenvalue weighted by Gasteiger charge is -2.05. The zero-order valence-corrected chi connectivity index (χ0v) is 10.1. The maximum atomic E-state index is 13.1. The van der Waals surface area contributed by atoms with Crippen LogP contribution in [0.15, 0.2) is 41.3 Å². The molecule has 0 aromatic heterocycles. The summed E-state index contributed by atoms with van der Waals surface area (Å²) in [4.78, 5) is 0.330. The molecular formula is C13H13FO2S. The van der Waals surface area contributed by atoms with Gasteiger partial charge in [0.25, 0.3) is 0 Å². The van der Waals surface area contributed by atoms with Gasteiger partial charge >= 0.3 is 0 Å². The minimum Gasteiger partial charge on any atom is -0.227 e. The van der Waals surface area contributed by atoms with Gasteiger partial charge in [-0.2, -0.15) is 0 Å².